The van der Waals surface area contributed by atoms with Gasteiger partial charge in [0.1, 0.15) is 0 Å². The molecular formula is C16H24N2O2S. The lowest BCUT2D eigenvalue weighted by Gasteiger charge is -2.35. The fourth-order valence-corrected chi connectivity index (χ4v) is 3.68. The van der Waals surface area contributed by atoms with Crippen LogP contribution in [-0.4, -0.2) is 17.2 Å². The summed E-state index contributed by atoms with van der Waals surface area (Å²) in [6.45, 7) is 6.32. The molecule has 1 saturated carbocycles. The summed E-state index contributed by atoms with van der Waals surface area (Å²) >= 11 is 1.31. The number of carbonyl (C=O) groups is 1. The Balaban J connectivity index is 1.92. The monoisotopic (exact) mass is 308 g/mol. The highest BCUT2D eigenvalue weighted by molar-refractivity contribution is 8.00. The molecule has 1 N–H and O–H groups in total. The SMILES string of the molecule is C[C@@H]1[C@@H](C)CCC[C@H]1NC(=O)[C@@H](C)Sc1cccc[n+]1[O-]. The summed E-state index contributed by atoms with van der Waals surface area (Å²) in [6, 6.07) is 5.51. The molecule has 0 radical (unpaired) electrons. The Morgan fingerprint density at radius 3 is 2.90 bits per heavy atom. The third kappa shape index (κ3) is 4.13. The molecule has 116 valence electrons. The molecule has 4 nitrogen and oxygen atoms in total. The summed E-state index contributed by atoms with van der Waals surface area (Å²) in [4.78, 5) is 12.3. The lowest BCUT2D eigenvalue weighted by atomic mass is 9.78. The van der Waals surface area contributed by atoms with E-state index in [4.69, 9.17) is 0 Å². The van der Waals surface area contributed by atoms with Gasteiger partial charge in [-0.15, -0.1) is 0 Å². The number of nitrogens with zero attached hydrogens (tertiary/aromatic N) is 1. The maximum absolute atomic E-state index is 12.3. The van der Waals surface area contributed by atoms with Gasteiger partial charge < -0.3 is 10.5 Å². The second kappa shape index (κ2) is 7.16. The van der Waals surface area contributed by atoms with Crippen LogP contribution in [0.2, 0.25) is 0 Å². The van der Waals surface area contributed by atoms with Crippen LogP contribution in [0.15, 0.2) is 29.4 Å². The highest BCUT2D eigenvalue weighted by Gasteiger charge is 2.29. The molecule has 1 aromatic heterocycles. The van der Waals surface area contributed by atoms with Crippen molar-refractivity contribution >= 4 is 17.7 Å². The van der Waals surface area contributed by atoms with Crippen LogP contribution in [0.3, 0.4) is 0 Å². The summed E-state index contributed by atoms with van der Waals surface area (Å²) in [5, 5.41) is 15.1. The zero-order chi connectivity index (χ0) is 15.4. The fourth-order valence-electron chi connectivity index (χ4n) is 2.82. The first-order valence-corrected chi connectivity index (χ1v) is 8.52. The molecule has 1 aromatic rings. The molecule has 1 aliphatic rings. The first-order chi connectivity index (χ1) is 9.99. The largest absolute Gasteiger partial charge is 0.618 e. The van der Waals surface area contributed by atoms with Crippen LogP contribution >= 0.6 is 11.8 Å². The quantitative estimate of drug-likeness (QED) is 0.528. The van der Waals surface area contributed by atoms with Crippen molar-refractivity contribution in [2.24, 2.45) is 11.8 Å². The van der Waals surface area contributed by atoms with Gasteiger partial charge in [-0.05, 0) is 43.0 Å². The van der Waals surface area contributed by atoms with Gasteiger partial charge in [-0.2, -0.15) is 4.73 Å². The van der Waals surface area contributed by atoms with Crippen molar-refractivity contribution in [3.63, 3.8) is 0 Å². The molecule has 4 atom stereocenters. The first-order valence-electron chi connectivity index (χ1n) is 7.64. The maximum Gasteiger partial charge on any atom is 0.252 e. The van der Waals surface area contributed by atoms with Gasteiger partial charge in [0.05, 0.1) is 5.25 Å². The van der Waals surface area contributed by atoms with E-state index >= 15 is 0 Å². The number of carbonyl (C=O) groups excluding carboxylic acids is 1. The molecule has 0 aliphatic heterocycles. The normalized spacial score (nSPS) is 27.1. The fraction of sp³-hybridized carbons (Fsp3) is 0.625. The molecule has 2 rings (SSSR count). The molecule has 5 heteroatoms. The lowest BCUT2D eigenvalue weighted by Crippen LogP contribution is -2.46. The van der Waals surface area contributed by atoms with E-state index in [-0.39, 0.29) is 17.2 Å². The number of aromatic nitrogens is 1. The summed E-state index contributed by atoms with van der Waals surface area (Å²) in [5.41, 5.74) is 0. The van der Waals surface area contributed by atoms with Crippen LogP contribution in [0.1, 0.15) is 40.0 Å². The van der Waals surface area contributed by atoms with Gasteiger partial charge in [-0.25, -0.2) is 0 Å². The van der Waals surface area contributed by atoms with Crippen molar-refractivity contribution in [1.29, 1.82) is 0 Å². The Bertz CT molecular complexity index is 495. The summed E-state index contributed by atoms with van der Waals surface area (Å²) < 4.78 is 0.805. The molecule has 0 aromatic carbocycles. The Hall–Kier alpha value is -1.23. The van der Waals surface area contributed by atoms with E-state index in [1.165, 1.54) is 30.8 Å². The summed E-state index contributed by atoms with van der Waals surface area (Å²) in [6.07, 6.45) is 4.94. The predicted molar refractivity (Wildman–Crippen MR) is 84.8 cm³/mol. The topological polar surface area (TPSA) is 56.0 Å². The van der Waals surface area contributed by atoms with Gasteiger partial charge in [-0.1, -0.05) is 26.7 Å². The van der Waals surface area contributed by atoms with Crippen LogP contribution in [0.5, 0.6) is 0 Å². The smallest absolute Gasteiger partial charge is 0.252 e. The minimum Gasteiger partial charge on any atom is -0.618 e. The molecule has 0 bridgehead atoms. The molecule has 21 heavy (non-hydrogen) atoms. The van der Waals surface area contributed by atoms with E-state index in [1.54, 1.807) is 12.1 Å². The molecule has 1 aliphatic carbocycles. The van der Waals surface area contributed by atoms with Crippen LogP contribution in [0.25, 0.3) is 0 Å². The van der Waals surface area contributed by atoms with Gasteiger partial charge in [-0.3, -0.25) is 4.79 Å². The molecule has 0 spiro atoms. The van der Waals surface area contributed by atoms with Crippen molar-refractivity contribution in [3.8, 4) is 0 Å². The lowest BCUT2D eigenvalue weighted by molar-refractivity contribution is -0.645. The number of amides is 1. The van der Waals surface area contributed by atoms with E-state index in [9.17, 15) is 10.0 Å². The Morgan fingerprint density at radius 1 is 1.43 bits per heavy atom. The number of hydrogen-bond donors (Lipinski definition) is 1. The number of nitrogens with one attached hydrogen (secondary N) is 1. The molecule has 1 heterocycles. The zero-order valence-electron chi connectivity index (χ0n) is 12.9. The van der Waals surface area contributed by atoms with Crippen LogP contribution in [0, 0.1) is 17.0 Å². The van der Waals surface area contributed by atoms with Crippen molar-refractivity contribution in [3.05, 3.63) is 29.6 Å². The van der Waals surface area contributed by atoms with Gasteiger partial charge in [0.2, 0.25) is 5.91 Å². The van der Waals surface area contributed by atoms with Gasteiger partial charge in [0, 0.05) is 18.2 Å². The molecule has 1 amide bonds. The third-order valence-electron chi connectivity index (χ3n) is 4.49. The first kappa shape index (κ1) is 16.1. The Morgan fingerprint density at radius 2 is 2.19 bits per heavy atom. The van der Waals surface area contributed by atoms with E-state index in [1.807, 2.05) is 13.0 Å². The van der Waals surface area contributed by atoms with Crippen molar-refractivity contribution < 1.29 is 9.52 Å². The summed E-state index contributed by atoms with van der Waals surface area (Å²) in [5.74, 6) is 1.20. The van der Waals surface area contributed by atoms with E-state index in [2.05, 4.69) is 19.2 Å². The van der Waals surface area contributed by atoms with Crippen molar-refractivity contribution in [1.82, 2.24) is 5.32 Å². The molecular weight excluding hydrogens is 284 g/mol. The Labute approximate surface area is 130 Å². The second-order valence-corrected chi connectivity index (χ2v) is 7.37. The van der Waals surface area contributed by atoms with Gasteiger partial charge in [0.25, 0.3) is 5.03 Å². The average molecular weight is 308 g/mol. The minimum absolute atomic E-state index is 0.0230. The molecule has 0 saturated heterocycles. The third-order valence-corrected chi connectivity index (χ3v) is 5.61. The zero-order valence-corrected chi connectivity index (χ0v) is 13.7. The van der Waals surface area contributed by atoms with E-state index in [0.29, 0.717) is 16.9 Å². The number of pyridine rings is 1. The standard InChI is InChI=1S/C16H24N2O2S/c1-11-7-6-8-14(12(11)2)17-16(19)13(3)21-15-9-4-5-10-18(15)20/h4-5,9-14H,6-8H2,1-3H3,(H,17,19)/t11-,12+,13+,14+/m0/s1. The van der Waals surface area contributed by atoms with Gasteiger partial charge >= 0.3 is 0 Å². The van der Waals surface area contributed by atoms with E-state index < -0.39 is 0 Å². The minimum atomic E-state index is -0.267. The number of thioether (sulfide) groups is 1. The van der Waals surface area contributed by atoms with Crippen LogP contribution in [-0.2, 0) is 4.79 Å². The highest BCUT2D eigenvalue weighted by atomic mass is 32.2. The Kier molecular flexibility index (Phi) is 5.51. The number of rotatable bonds is 4. The van der Waals surface area contributed by atoms with Gasteiger partial charge in [0.15, 0.2) is 6.20 Å². The highest BCUT2D eigenvalue weighted by Crippen LogP contribution is 2.30. The van der Waals surface area contributed by atoms with E-state index in [0.717, 1.165) is 11.2 Å². The molecule has 1 fully saturated rings. The second-order valence-electron chi connectivity index (χ2n) is 6.01. The van der Waals surface area contributed by atoms with Crippen molar-refractivity contribution in [2.45, 2.75) is 56.4 Å². The van der Waals surface area contributed by atoms with Crippen molar-refractivity contribution in [2.75, 3.05) is 0 Å². The van der Waals surface area contributed by atoms with Crippen LogP contribution in [0.4, 0.5) is 0 Å². The number of hydrogen-bond acceptors (Lipinski definition) is 3. The predicted octanol–water partition coefficient (Wildman–Crippen LogP) is 2.74. The maximum atomic E-state index is 12.3. The van der Waals surface area contributed by atoms with Crippen LogP contribution < -0.4 is 10.0 Å². The average Bonchev–Trinajstić information content (AvgIpc) is 2.46. The molecule has 0 unspecified atom stereocenters. The summed E-state index contributed by atoms with van der Waals surface area (Å²) in [7, 11) is 0.